The van der Waals surface area contributed by atoms with Crippen LogP contribution in [0.3, 0.4) is 0 Å². The number of benzene rings is 2. The van der Waals surface area contributed by atoms with E-state index in [4.69, 9.17) is 30.4 Å². The summed E-state index contributed by atoms with van der Waals surface area (Å²) in [6.07, 6.45) is 0.216. The second-order valence-electron chi connectivity index (χ2n) is 13.9. The molecule has 6 rings (SSSR count). The fraction of sp³-hybridized carbons (Fsp3) is 0.286. The highest BCUT2D eigenvalue weighted by Gasteiger charge is 2.29. The summed E-state index contributed by atoms with van der Waals surface area (Å²) in [6.45, 7) is 8.21. The molecular formula is C42H52N6O8Si. The first-order valence-corrected chi connectivity index (χ1v) is 17.7. The van der Waals surface area contributed by atoms with E-state index in [1.165, 1.54) is 11.1 Å². The van der Waals surface area contributed by atoms with Crippen molar-refractivity contribution in [3.63, 3.8) is 0 Å². The molecule has 4 N–H and O–H groups in total. The zero-order valence-electron chi connectivity index (χ0n) is 32.8. The topological polar surface area (TPSA) is 190 Å². The quantitative estimate of drug-likeness (QED) is 0.158. The van der Waals surface area contributed by atoms with Crippen LogP contribution in [0.25, 0.3) is 33.8 Å². The van der Waals surface area contributed by atoms with Gasteiger partial charge in [-0.2, -0.15) is 0 Å². The third kappa shape index (κ3) is 11.4. The van der Waals surface area contributed by atoms with Crippen LogP contribution in [0.2, 0.25) is 0 Å². The minimum atomic E-state index is -2.27. The number of aromatic nitrogens is 4. The minimum absolute atomic E-state index is 0. The number of nitrogens with zero attached hydrogens (tertiary/aromatic N) is 6. The molecule has 15 heteroatoms. The van der Waals surface area contributed by atoms with Crippen molar-refractivity contribution in [2.45, 2.75) is 52.7 Å². The van der Waals surface area contributed by atoms with Crippen LogP contribution in [0.15, 0.2) is 85.2 Å². The van der Waals surface area contributed by atoms with E-state index in [1.54, 1.807) is 38.0 Å². The molecule has 0 saturated heterocycles. The van der Waals surface area contributed by atoms with Gasteiger partial charge in [0.25, 0.3) is 0 Å². The van der Waals surface area contributed by atoms with Crippen molar-refractivity contribution in [1.29, 1.82) is 0 Å². The molecular weight excluding hydrogens is 745 g/mol. The Bertz CT molecular complexity index is 2190. The van der Waals surface area contributed by atoms with E-state index in [2.05, 4.69) is 62.4 Å². The summed E-state index contributed by atoms with van der Waals surface area (Å²) in [4.78, 5) is 56.8. The number of aliphatic carboxylic acids is 2. The number of carboxylic acid groups (broad SMARTS) is 2. The summed E-state index contributed by atoms with van der Waals surface area (Å²) in [7, 11) is 7.12. The molecule has 2 unspecified atom stereocenters. The summed E-state index contributed by atoms with van der Waals surface area (Å²) in [5.41, 5.74) is 12.2. The van der Waals surface area contributed by atoms with E-state index in [1.807, 2.05) is 59.3 Å². The minimum Gasteiger partial charge on any atom is -0.479 e. The van der Waals surface area contributed by atoms with Crippen LogP contribution in [0.4, 0.5) is 0 Å². The van der Waals surface area contributed by atoms with Crippen LogP contribution in [-0.2, 0) is 32.0 Å². The van der Waals surface area contributed by atoms with Gasteiger partial charge in [-0.05, 0) is 61.9 Å². The average molecular weight is 797 g/mol. The lowest BCUT2D eigenvalue weighted by atomic mass is 10.1. The van der Waals surface area contributed by atoms with E-state index in [0.29, 0.717) is 12.8 Å². The number of carbonyl (C=O) groups is 4. The van der Waals surface area contributed by atoms with E-state index in [0.717, 1.165) is 56.3 Å². The standard InChI is InChI=1S/2C19H21N3O.C4H6O6.H4Si/c2*1-13-5-8-15(9-6-13)19-16(11-18(23)21(3)4)22-12-14(2)7-10-17(22)20-19;5-1(3(7)8)2(6)4(9)10;/h2*5-10,12H,11H2,1-4H3;1-2,5-6H,(H,7,8)(H,9,10);1H4. The van der Waals surface area contributed by atoms with Gasteiger partial charge in [-0.3, -0.25) is 9.59 Å². The summed E-state index contributed by atoms with van der Waals surface area (Å²) < 4.78 is 4.07. The fourth-order valence-electron chi connectivity index (χ4n) is 5.49. The molecule has 0 aliphatic heterocycles. The monoisotopic (exact) mass is 796 g/mol. The zero-order chi connectivity index (χ0) is 41.4. The Kier molecular flexibility index (Phi) is 15.6. The third-order valence-electron chi connectivity index (χ3n) is 8.82. The molecule has 302 valence electrons. The highest BCUT2D eigenvalue weighted by Crippen LogP contribution is 2.27. The molecule has 2 aromatic carbocycles. The van der Waals surface area contributed by atoms with Crippen molar-refractivity contribution in [3.05, 3.63) is 119 Å². The van der Waals surface area contributed by atoms with Crippen LogP contribution in [0, 0.1) is 27.7 Å². The second kappa shape index (κ2) is 19.6. The molecule has 6 aromatic rings. The average Bonchev–Trinajstić information content (AvgIpc) is 3.69. The van der Waals surface area contributed by atoms with Crippen molar-refractivity contribution in [3.8, 4) is 22.5 Å². The van der Waals surface area contributed by atoms with Crippen molar-refractivity contribution >= 4 is 46.0 Å². The van der Waals surface area contributed by atoms with Gasteiger partial charge in [-0.1, -0.05) is 71.8 Å². The van der Waals surface area contributed by atoms with Gasteiger partial charge in [0.2, 0.25) is 11.8 Å². The molecule has 0 aliphatic carbocycles. The first kappa shape index (κ1) is 45.2. The Hall–Kier alpha value is -6.16. The predicted molar refractivity (Wildman–Crippen MR) is 224 cm³/mol. The fourth-order valence-corrected chi connectivity index (χ4v) is 5.49. The summed E-state index contributed by atoms with van der Waals surface area (Å²) in [5, 5.41) is 32.5. The maximum atomic E-state index is 12.3. The zero-order valence-corrected chi connectivity index (χ0v) is 32.8. The van der Waals surface area contributed by atoms with Gasteiger partial charge in [0.15, 0.2) is 12.2 Å². The smallest absolute Gasteiger partial charge is 0.335 e. The van der Waals surface area contributed by atoms with E-state index in [9.17, 15) is 19.2 Å². The van der Waals surface area contributed by atoms with Gasteiger partial charge in [-0.15, -0.1) is 0 Å². The van der Waals surface area contributed by atoms with Crippen molar-refractivity contribution in [2.24, 2.45) is 0 Å². The number of hydrogen-bond donors (Lipinski definition) is 4. The summed E-state index contributed by atoms with van der Waals surface area (Å²) in [5.74, 6) is -3.40. The highest BCUT2D eigenvalue weighted by atomic mass is 28.1. The highest BCUT2D eigenvalue weighted by molar-refractivity contribution is 5.83. The van der Waals surface area contributed by atoms with E-state index in [-0.39, 0.29) is 22.8 Å². The molecule has 4 aromatic heterocycles. The van der Waals surface area contributed by atoms with Gasteiger partial charge >= 0.3 is 11.9 Å². The maximum Gasteiger partial charge on any atom is 0.335 e. The lowest BCUT2D eigenvalue weighted by Crippen LogP contribution is -2.39. The number of amides is 2. The first-order valence-electron chi connectivity index (χ1n) is 17.7. The molecule has 0 bridgehead atoms. The Labute approximate surface area is 335 Å². The van der Waals surface area contributed by atoms with Crippen LogP contribution >= 0.6 is 0 Å². The number of aliphatic hydroxyl groups is 2. The number of rotatable bonds is 9. The molecule has 0 aliphatic rings. The van der Waals surface area contributed by atoms with Crippen LogP contribution in [0.1, 0.15) is 33.6 Å². The predicted octanol–water partition coefficient (Wildman–Crippen LogP) is 2.92. The number of carboxylic acids is 2. The molecule has 0 fully saturated rings. The SMILES string of the molecule is Cc1ccc(-c2nc3ccc(C)cn3c2CC(=O)N(C)C)cc1.Cc1ccc(-c2nc3ccc(C)cn3c2CC(=O)N(C)C)cc1.O=C(O)C(O)C(O)C(=O)O.[SiH4]. The van der Waals surface area contributed by atoms with Gasteiger partial charge in [0.05, 0.1) is 35.6 Å². The molecule has 14 nitrogen and oxygen atoms in total. The number of pyridine rings is 2. The van der Waals surface area contributed by atoms with Crippen molar-refractivity contribution < 1.29 is 39.6 Å². The van der Waals surface area contributed by atoms with Gasteiger partial charge in [0, 0.05) is 51.7 Å². The Morgan fingerprint density at radius 1 is 0.544 bits per heavy atom. The first-order chi connectivity index (χ1) is 26.4. The van der Waals surface area contributed by atoms with Gasteiger partial charge in [0.1, 0.15) is 11.3 Å². The molecule has 57 heavy (non-hydrogen) atoms. The number of aryl methyl sites for hydroxylation is 4. The Balaban J connectivity index is 0.000000245. The van der Waals surface area contributed by atoms with Gasteiger partial charge < -0.3 is 39.0 Å². The van der Waals surface area contributed by atoms with Crippen LogP contribution in [0.5, 0.6) is 0 Å². The van der Waals surface area contributed by atoms with Gasteiger partial charge in [-0.25, -0.2) is 19.6 Å². The van der Waals surface area contributed by atoms with Crippen LogP contribution in [-0.4, -0.2) is 124 Å². The normalized spacial score (nSPS) is 11.6. The molecule has 2 atom stereocenters. The summed E-state index contributed by atoms with van der Waals surface area (Å²) in [6, 6.07) is 24.6. The van der Waals surface area contributed by atoms with E-state index < -0.39 is 24.1 Å². The van der Waals surface area contributed by atoms with Crippen molar-refractivity contribution in [2.75, 3.05) is 28.2 Å². The Morgan fingerprint density at radius 3 is 1.12 bits per heavy atom. The van der Waals surface area contributed by atoms with Crippen LogP contribution < -0.4 is 0 Å². The molecule has 0 radical (unpaired) electrons. The largest absolute Gasteiger partial charge is 0.479 e. The van der Waals surface area contributed by atoms with E-state index >= 15 is 0 Å². The number of carbonyl (C=O) groups excluding carboxylic acids is 2. The Morgan fingerprint density at radius 2 is 0.842 bits per heavy atom. The lowest BCUT2D eigenvalue weighted by Gasteiger charge is -2.11. The number of likely N-dealkylation sites (N-methyl/N-ethyl adjacent to an activating group) is 2. The number of aliphatic hydroxyl groups excluding tert-OH is 2. The molecule has 0 spiro atoms. The van der Waals surface area contributed by atoms with Crippen molar-refractivity contribution in [1.82, 2.24) is 28.6 Å². The summed E-state index contributed by atoms with van der Waals surface area (Å²) >= 11 is 0. The number of hydrogen-bond acceptors (Lipinski definition) is 8. The third-order valence-corrected chi connectivity index (χ3v) is 8.82. The maximum absolute atomic E-state index is 12.3. The molecule has 2 amide bonds. The molecule has 0 saturated carbocycles. The lowest BCUT2D eigenvalue weighted by molar-refractivity contribution is -0.165. The second-order valence-corrected chi connectivity index (χ2v) is 13.9. The number of imidazole rings is 2. The molecule has 4 heterocycles. The number of fused-ring (bicyclic) bond motifs is 2.